The number of hydrogen-bond acceptors (Lipinski definition) is 4. The maximum absolute atomic E-state index is 12.6. The molecule has 1 aliphatic rings. The second-order valence-corrected chi connectivity index (χ2v) is 4.33. The molecule has 0 saturated carbocycles. The van der Waals surface area contributed by atoms with E-state index < -0.39 is 17.9 Å². The standard InChI is InChI=1S/C10H18F3N3O2/c11-10(12,13)8(9(14)16-17)6-15-5-7-1-3-18-4-2-7/h7-8,15,17H,1-6H2,(H2,14,16). The minimum Gasteiger partial charge on any atom is -0.409 e. The van der Waals surface area contributed by atoms with Crippen LogP contribution in [0.25, 0.3) is 0 Å². The van der Waals surface area contributed by atoms with Gasteiger partial charge >= 0.3 is 6.18 Å². The molecule has 1 heterocycles. The molecule has 0 aliphatic carbocycles. The number of halogens is 3. The third kappa shape index (κ3) is 4.69. The van der Waals surface area contributed by atoms with Crippen LogP contribution in [0.5, 0.6) is 0 Å². The second kappa shape index (κ2) is 6.79. The summed E-state index contributed by atoms with van der Waals surface area (Å²) in [6.07, 6.45) is -2.83. The van der Waals surface area contributed by atoms with E-state index in [1.807, 2.05) is 0 Å². The van der Waals surface area contributed by atoms with Crippen molar-refractivity contribution in [3.8, 4) is 0 Å². The highest BCUT2D eigenvalue weighted by Crippen LogP contribution is 2.26. The van der Waals surface area contributed by atoms with Crippen molar-refractivity contribution in [3.05, 3.63) is 0 Å². The van der Waals surface area contributed by atoms with Gasteiger partial charge in [-0.25, -0.2) is 0 Å². The Morgan fingerprint density at radius 1 is 1.44 bits per heavy atom. The summed E-state index contributed by atoms with van der Waals surface area (Å²) in [6.45, 7) is 1.40. The van der Waals surface area contributed by atoms with Gasteiger partial charge in [0.25, 0.3) is 0 Å². The van der Waals surface area contributed by atoms with Gasteiger partial charge in [-0.3, -0.25) is 0 Å². The van der Waals surface area contributed by atoms with Crippen molar-refractivity contribution < 1.29 is 23.1 Å². The zero-order chi connectivity index (χ0) is 13.6. The Labute approximate surface area is 103 Å². The van der Waals surface area contributed by atoms with Crippen molar-refractivity contribution in [2.24, 2.45) is 22.7 Å². The zero-order valence-corrected chi connectivity index (χ0v) is 9.91. The largest absolute Gasteiger partial charge is 0.409 e. The number of amidine groups is 1. The summed E-state index contributed by atoms with van der Waals surface area (Å²) in [6, 6.07) is 0. The van der Waals surface area contributed by atoms with Gasteiger partial charge in [0.2, 0.25) is 0 Å². The Balaban J connectivity index is 2.37. The van der Waals surface area contributed by atoms with Crippen LogP contribution in [0.2, 0.25) is 0 Å². The second-order valence-electron chi connectivity index (χ2n) is 4.33. The molecule has 1 unspecified atom stereocenters. The van der Waals surface area contributed by atoms with E-state index in [0.717, 1.165) is 12.8 Å². The molecule has 1 saturated heterocycles. The lowest BCUT2D eigenvalue weighted by molar-refractivity contribution is -0.155. The van der Waals surface area contributed by atoms with Gasteiger partial charge in [0.1, 0.15) is 5.92 Å². The van der Waals surface area contributed by atoms with Crippen molar-refractivity contribution in [2.75, 3.05) is 26.3 Å². The SMILES string of the molecule is NC(=NO)C(CNCC1CCOCC1)C(F)(F)F. The third-order valence-electron chi connectivity index (χ3n) is 2.99. The Morgan fingerprint density at radius 3 is 2.56 bits per heavy atom. The van der Waals surface area contributed by atoms with E-state index in [9.17, 15) is 13.2 Å². The lowest BCUT2D eigenvalue weighted by Gasteiger charge is -2.24. The number of nitrogens with two attached hydrogens (primary N) is 1. The van der Waals surface area contributed by atoms with Gasteiger partial charge in [-0.2, -0.15) is 13.2 Å². The summed E-state index contributed by atoms with van der Waals surface area (Å²) >= 11 is 0. The molecule has 18 heavy (non-hydrogen) atoms. The minimum absolute atomic E-state index is 0.319. The first-order valence-electron chi connectivity index (χ1n) is 5.77. The van der Waals surface area contributed by atoms with Crippen molar-refractivity contribution in [3.63, 3.8) is 0 Å². The summed E-state index contributed by atoms with van der Waals surface area (Å²) < 4.78 is 42.9. The summed E-state index contributed by atoms with van der Waals surface area (Å²) in [5.74, 6) is -2.45. The number of alkyl halides is 3. The van der Waals surface area contributed by atoms with Crippen LogP contribution < -0.4 is 11.1 Å². The number of rotatable bonds is 5. The number of nitrogens with zero attached hydrogens (tertiary/aromatic N) is 1. The number of hydrogen-bond donors (Lipinski definition) is 3. The Bertz CT molecular complexity index is 278. The van der Waals surface area contributed by atoms with Gasteiger partial charge in [0.05, 0.1) is 0 Å². The predicted molar refractivity (Wildman–Crippen MR) is 59.4 cm³/mol. The molecule has 1 rings (SSSR count). The topological polar surface area (TPSA) is 79.9 Å². The molecule has 0 aromatic rings. The van der Waals surface area contributed by atoms with E-state index in [0.29, 0.717) is 25.7 Å². The Morgan fingerprint density at radius 2 is 2.06 bits per heavy atom. The van der Waals surface area contributed by atoms with E-state index in [2.05, 4.69) is 10.5 Å². The van der Waals surface area contributed by atoms with Crippen LogP contribution in [0.4, 0.5) is 13.2 Å². The first-order chi connectivity index (χ1) is 8.45. The van der Waals surface area contributed by atoms with Crippen molar-refractivity contribution in [1.29, 1.82) is 0 Å². The molecular weight excluding hydrogens is 251 g/mol. The van der Waals surface area contributed by atoms with Gasteiger partial charge in [0, 0.05) is 19.8 Å². The quantitative estimate of drug-likeness (QED) is 0.300. The lowest BCUT2D eigenvalue weighted by Crippen LogP contribution is -2.44. The molecule has 0 radical (unpaired) electrons. The zero-order valence-electron chi connectivity index (χ0n) is 9.91. The summed E-state index contributed by atoms with van der Waals surface area (Å²) in [5.41, 5.74) is 5.04. The summed E-state index contributed by atoms with van der Waals surface area (Å²) in [5, 5.41) is 13.5. The fraction of sp³-hybridized carbons (Fsp3) is 0.900. The molecule has 1 fully saturated rings. The van der Waals surface area contributed by atoms with Crippen LogP contribution >= 0.6 is 0 Å². The lowest BCUT2D eigenvalue weighted by atomic mass is 10.00. The molecule has 5 nitrogen and oxygen atoms in total. The van der Waals surface area contributed by atoms with E-state index >= 15 is 0 Å². The van der Waals surface area contributed by atoms with E-state index in [1.54, 1.807) is 0 Å². The van der Waals surface area contributed by atoms with E-state index in [1.165, 1.54) is 0 Å². The summed E-state index contributed by atoms with van der Waals surface area (Å²) in [7, 11) is 0. The van der Waals surface area contributed by atoms with Crippen molar-refractivity contribution in [1.82, 2.24) is 5.32 Å². The van der Waals surface area contributed by atoms with Crippen molar-refractivity contribution >= 4 is 5.84 Å². The highest BCUT2D eigenvalue weighted by atomic mass is 19.4. The van der Waals surface area contributed by atoms with Crippen LogP contribution in [0.3, 0.4) is 0 Å². The first-order valence-corrected chi connectivity index (χ1v) is 5.77. The van der Waals surface area contributed by atoms with E-state index in [-0.39, 0.29) is 6.54 Å². The van der Waals surface area contributed by atoms with Gasteiger partial charge < -0.3 is 21.0 Å². The van der Waals surface area contributed by atoms with Crippen LogP contribution in [0, 0.1) is 11.8 Å². The predicted octanol–water partition coefficient (Wildman–Crippen LogP) is 0.927. The fourth-order valence-corrected chi connectivity index (χ4v) is 1.84. The maximum atomic E-state index is 12.6. The number of nitrogens with one attached hydrogen (secondary N) is 1. The molecule has 0 amide bonds. The molecule has 0 aromatic heterocycles. The molecule has 1 aliphatic heterocycles. The van der Waals surface area contributed by atoms with Gasteiger partial charge in [0.15, 0.2) is 5.84 Å². The molecule has 0 aromatic carbocycles. The average molecular weight is 269 g/mol. The average Bonchev–Trinajstić information content (AvgIpc) is 2.33. The third-order valence-corrected chi connectivity index (χ3v) is 2.99. The molecule has 0 spiro atoms. The molecule has 0 bridgehead atoms. The normalized spacial score (nSPS) is 20.9. The van der Waals surface area contributed by atoms with Gasteiger partial charge in [-0.15, -0.1) is 0 Å². The van der Waals surface area contributed by atoms with Crippen LogP contribution in [-0.4, -0.2) is 43.5 Å². The molecule has 4 N–H and O–H groups in total. The Hall–Kier alpha value is -1.02. The Kier molecular flexibility index (Phi) is 5.67. The summed E-state index contributed by atoms with van der Waals surface area (Å²) in [4.78, 5) is 0. The van der Waals surface area contributed by atoms with Crippen LogP contribution in [0.15, 0.2) is 5.16 Å². The first kappa shape index (κ1) is 15.0. The van der Waals surface area contributed by atoms with Gasteiger partial charge in [-0.05, 0) is 25.3 Å². The molecule has 1 atom stereocenters. The monoisotopic (exact) mass is 269 g/mol. The molecule has 8 heteroatoms. The molecule has 106 valence electrons. The fourth-order valence-electron chi connectivity index (χ4n) is 1.84. The van der Waals surface area contributed by atoms with Gasteiger partial charge in [-0.1, -0.05) is 5.16 Å². The number of oxime groups is 1. The van der Waals surface area contributed by atoms with E-state index in [4.69, 9.17) is 15.7 Å². The highest BCUT2D eigenvalue weighted by Gasteiger charge is 2.42. The number of ether oxygens (including phenoxy) is 1. The van der Waals surface area contributed by atoms with Crippen LogP contribution in [0.1, 0.15) is 12.8 Å². The minimum atomic E-state index is -4.51. The maximum Gasteiger partial charge on any atom is 0.400 e. The smallest absolute Gasteiger partial charge is 0.400 e. The highest BCUT2D eigenvalue weighted by molar-refractivity contribution is 5.83. The molecular formula is C10H18F3N3O2. The van der Waals surface area contributed by atoms with Crippen LogP contribution in [-0.2, 0) is 4.74 Å². The van der Waals surface area contributed by atoms with Crippen molar-refractivity contribution in [2.45, 2.75) is 19.0 Å².